The van der Waals surface area contributed by atoms with Crippen LogP contribution in [0, 0.1) is 0 Å². The van der Waals surface area contributed by atoms with E-state index in [9.17, 15) is 4.79 Å². The largest absolute Gasteiger partial charge is 0.348 e. The first kappa shape index (κ1) is 18.0. The number of H-pyrrole nitrogens is 1. The number of nitrogens with zero attached hydrogens (tertiary/aromatic N) is 8. The van der Waals surface area contributed by atoms with Crippen LogP contribution in [0.1, 0.15) is 32.9 Å². The van der Waals surface area contributed by atoms with Gasteiger partial charge in [0.15, 0.2) is 5.01 Å². The van der Waals surface area contributed by atoms with Gasteiger partial charge in [0, 0.05) is 38.1 Å². The van der Waals surface area contributed by atoms with E-state index >= 15 is 0 Å². The summed E-state index contributed by atoms with van der Waals surface area (Å²) in [6.07, 6.45) is 7.83. The second-order valence-corrected chi connectivity index (χ2v) is 8.35. The van der Waals surface area contributed by atoms with Crippen molar-refractivity contribution in [2.75, 3.05) is 6.54 Å². The molecule has 0 spiro atoms. The van der Waals surface area contributed by atoms with E-state index in [-0.39, 0.29) is 5.91 Å². The predicted molar refractivity (Wildman–Crippen MR) is 112 cm³/mol. The molecule has 10 nitrogen and oxygen atoms in total. The van der Waals surface area contributed by atoms with E-state index in [1.165, 1.54) is 11.3 Å². The van der Waals surface area contributed by atoms with E-state index in [0.29, 0.717) is 23.0 Å². The summed E-state index contributed by atoms with van der Waals surface area (Å²) in [5.41, 5.74) is 4.41. The third kappa shape index (κ3) is 2.93. The summed E-state index contributed by atoms with van der Waals surface area (Å²) in [5.74, 6) is -0.177. The molecule has 1 aliphatic rings. The number of imidazole rings is 1. The molecule has 1 N–H and O–H groups in total. The molecule has 6 heterocycles. The van der Waals surface area contributed by atoms with Crippen LogP contribution >= 0.6 is 11.3 Å². The molecule has 0 radical (unpaired) electrons. The SMILES string of the molecule is Cn1cc(-c2nnc(C(=O)N3CCc4[nH]cnc4[C@@H]3c3cc4ccccn4n3)s2)cn1. The van der Waals surface area contributed by atoms with Crippen LogP contribution in [-0.2, 0) is 13.5 Å². The monoisotopic (exact) mass is 431 g/mol. The average Bonchev–Trinajstić information content (AvgIpc) is 3.57. The van der Waals surface area contributed by atoms with E-state index in [1.807, 2.05) is 48.2 Å². The maximum Gasteiger partial charge on any atom is 0.285 e. The number of nitrogens with one attached hydrogen (secondary N) is 1. The number of aryl methyl sites for hydroxylation is 1. The molecule has 0 saturated heterocycles. The maximum absolute atomic E-state index is 13.5. The van der Waals surface area contributed by atoms with Gasteiger partial charge in [0.05, 0.1) is 35.0 Å². The minimum absolute atomic E-state index is 0.177. The Balaban J connectivity index is 1.40. The summed E-state index contributed by atoms with van der Waals surface area (Å²) in [7, 11) is 1.84. The highest BCUT2D eigenvalue weighted by Crippen LogP contribution is 2.35. The summed E-state index contributed by atoms with van der Waals surface area (Å²) in [6.45, 7) is 0.536. The van der Waals surface area contributed by atoms with Crippen molar-refractivity contribution in [2.24, 2.45) is 7.05 Å². The third-order valence-corrected chi connectivity index (χ3v) is 6.37. The molecule has 0 aliphatic carbocycles. The fourth-order valence-corrected chi connectivity index (χ4v) is 4.74. The fourth-order valence-electron chi connectivity index (χ4n) is 3.97. The summed E-state index contributed by atoms with van der Waals surface area (Å²) in [4.78, 5) is 23.0. The molecule has 31 heavy (non-hydrogen) atoms. The van der Waals surface area contributed by atoms with Crippen LogP contribution in [0.3, 0.4) is 0 Å². The van der Waals surface area contributed by atoms with Crippen LogP contribution in [0.25, 0.3) is 16.1 Å². The third-order valence-electron chi connectivity index (χ3n) is 5.41. The Morgan fingerprint density at radius 2 is 2.23 bits per heavy atom. The zero-order valence-corrected chi connectivity index (χ0v) is 17.3. The Hall–Kier alpha value is -3.86. The molecule has 0 saturated carbocycles. The van der Waals surface area contributed by atoms with Crippen molar-refractivity contribution in [3.63, 3.8) is 0 Å². The van der Waals surface area contributed by atoms with E-state index < -0.39 is 6.04 Å². The molecule has 0 unspecified atom stereocenters. The predicted octanol–water partition coefficient (Wildman–Crippen LogP) is 2.10. The average molecular weight is 431 g/mol. The number of fused-ring (bicyclic) bond motifs is 2. The quantitative estimate of drug-likeness (QED) is 0.468. The lowest BCUT2D eigenvalue weighted by Crippen LogP contribution is -2.41. The Morgan fingerprint density at radius 3 is 3.06 bits per heavy atom. The highest BCUT2D eigenvalue weighted by Gasteiger charge is 2.37. The Kier molecular flexibility index (Phi) is 3.96. The molecular weight excluding hydrogens is 414 g/mol. The normalized spacial score (nSPS) is 16.0. The summed E-state index contributed by atoms with van der Waals surface area (Å²) in [5, 5.41) is 18.3. The van der Waals surface area contributed by atoms with Crippen molar-refractivity contribution >= 4 is 22.8 Å². The van der Waals surface area contributed by atoms with Gasteiger partial charge in [-0.1, -0.05) is 17.4 Å². The van der Waals surface area contributed by atoms with E-state index in [1.54, 1.807) is 22.1 Å². The molecule has 154 valence electrons. The molecule has 5 aromatic heterocycles. The van der Waals surface area contributed by atoms with Crippen molar-refractivity contribution in [2.45, 2.75) is 12.5 Å². The van der Waals surface area contributed by atoms with E-state index in [0.717, 1.165) is 28.2 Å². The first-order chi connectivity index (χ1) is 15.2. The van der Waals surface area contributed by atoms with Crippen molar-refractivity contribution in [1.29, 1.82) is 0 Å². The molecule has 1 aliphatic heterocycles. The zero-order valence-electron chi connectivity index (χ0n) is 16.5. The molecule has 0 aromatic carbocycles. The van der Waals surface area contributed by atoms with Crippen LogP contribution in [0.4, 0.5) is 0 Å². The van der Waals surface area contributed by atoms with Crippen molar-refractivity contribution in [3.05, 3.63) is 71.3 Å². The van der Waals surface area contributed by atoms with Gasteiger partial charge in [-0.05, 0) is 18.2 Å². The number of hydrogen-bond acceptors (Lipinski definition) is 7. The smallest absolute Gasteiger partial charge is 0.285 e. The highest BCUT2D eigenvalue weighted by molar-refractivity contribution is 7.16. The standard InChI is InChI=1S/C20H17N9OS/c1-27-10-12(9-23-27)18-24-25-19(31-18)20(30)28-7-5-14-16(22-11-21-14)17(28)15-8-13-4-2-3-6-29(13)26-15/h2-4,6,8-11,17H,5,7H2,1H3,(H,21,22)/t17-/m0/s1. The van der Waals surface area contributed by atoms with Gasteiger partial charge in [-0.15, -0.1) is 10.2 Å². The number of aromatic nitrogens is 8. The second-order valence-electron chi connectivity index (χ2n) is 7.37. The second kappa shape index (κ2) is 6.84. The Labute approximate surface area is 180 Å². The van der Waals surface area contributed by atoms with Crippen LogP contribution in [0.5, 0.6) is 0 Å². The van der Waals surface area contributed by atoms with Crippen LogP contribution in [0.15, 0.2) is 49.2 Å². The minimum Gasteiger partial charge on any atom is -0.348 e. The van der Waals surface area contributed by atoms with Crippen molar-refractivity contribution < 1.29 is 4.79 Å². The van der Waals surface area contributed by atoms with Gasteiger partial charge in [-0.3, -0.25) is 9.48 Å². The van der Waals surface area contributed by atoms with Gasteiger partial charge in [0.2, 0.25) is 5.01 Å². The molecule has 1 atom stereocenters. The van der Waals surface area contributed by atoms with Crippen LogP contribution in [0.2, 0.25) is 0 Å². The lowest BCUT2D eigenvalue weighted by atomic mass is 9.99. The first-order valence-corrected chi connectivity index (χ1v) is 10.6. The van der Waals surface area contributed by atoms with Gasteiger partial charge < -0.3 is 9.88 Å². The van der Waals surface area contributed by atoms with Crippen molar-refractivity contribution in [1.82, 2.24) is 44.5 Å². The zero-order chi connectivity index (χ0) is 20.9. The molecule has 0 fully saturated rings. The van der Waals surface area contributed by atoms with E-state index in [4.69, 9.17) is 5.10 Å². The lowest BCUT2D eigenvalue weighted by molar-refractivity contribution is 0.0685. The number of carbonyl (C=O) groups excluding carboxylic acids is 1. The highest BCUT2D eigenvalue weighted by atomic mass is 32.1. The molecule has 1 amide bonds. The van der Waals surface area contributed by atoms with Crippen LogP contribution in [-0.4, -0.2) is 56.9 Å². The van der Waals surface area contributed by atoms with Gasteiger partial charge in [0.1, 0.15) is 6.04 Å². The molecule has 11 heteroatoms. The number of amides is 1. The number of rotatable bonds is 3. The topological polar surface area (TPSA) is 110 Å². The number of hydrogen-bond donors (Lipinski definition) is 1. The summed E-state index contributed by atoms with van der Waals surface area (Å²) < 4.78 is 3.51. The number of aromatic amines is 1. The summed E-state index contributed by atoms with van der Waals surface area (Å²) in [6, 6.07) is 7.48. The number of carbonyl (C=O) groups is 1. The van der Waals surface area contributed by atoms with Gasteiger partial charge in [-0.2, -0.15) is 10.2 Å². The van der Waals surface area contributed by atoms with E-state index in [2.05, 4.69) is 25.3 Å². The lowest BCUT2D eigenvalue weighted by Gasteiger charge is -2.33. The van der Waals surface area contributed by atoms with Crippen molar-refractivity contribution in [3.8, 4) is 10.6 Å². The molecule has 5 aromatic rings. The first-order valence-electron chi connectivity index (χ1n) is 9.77. The molecule has 0 bridgehead atoms. The van der Waals surface area contributed by atoms with Gasteiger partial charge in [-0.25, -0.2) is 9.50 Å². The van der Waals surface area contributed by atoms with Gasteiger partial charge >= 0.3 is 0 Å². The minimum atomic E-state index is -0.395. The fraction of sp³-hybridized carbons (Fsp3) is 0.200. The number of pyridine rings is 1. The Morgan fingerprint density at radius 1 is 1.29 bits per heavy atom. The van der Waals surface area contributed by atoms with Crippen LogP contribution < -0.4 is 0 Å². The molecular formula is C20H17N9OS. The maximum atomic E-state index is 13.5. The Bertz CT molecular complexity index is 1380. The summed E-state index contributed by atoms with van der Waals surface area (Å²) >= 11 is 1.27. The van der Waals surface area contributed by atoms with Gasteiger partial charge in [0.25, 0.3) is 5.91 Å². The molecule has 6 rings (SSSR count).